The summed E-state index contributed by atoms with van der Waals surface area (Å²) in [4.78, 5) is 0. The SMILES string of the molecule is COc1cc(CC(C)(O)C(C)(O)Cc2cc(OC)c(OC)c(OC)c2)cc(OC)c1OC. The topological polar surface area (TPSA) is 95.8 Å². The van der Waals surface area contributed by atoms with Crippen molar-refractivity contribution in [2.45, 2.75) is 37.9 Å². The molecular weight excluding hydrogens is 416 g/mol. The number of methoxy groups -OCH3 is 6. The maximum absolute atomic E-state index is 11.3. The second-order valence-electron chi connectivity index (χ2n) is 7.97. The number of benzene rings is 2. The van der Waals surface area contributed by atoms with Crippen LogP contribution in [0.3, 0.4) is 0 Å². The first-order valence-corrected chi connectivity index (χ1v) is 10.1. The Labute approximate surface area is 189 Å². The molecule has 0 aliphatic rings. The van der Waals surface area contributed by atoms with E-state index in [1.54, 1.807) is 38.1 Å². The van der Waals surface area contributed by atoms with E-state index < -0.39 is 11.2 Å². The summed E-state index contributed by atoms with van der Waals surface area (Å²) in [5, 5.41) is 22.6. The molecule has 8 nitrogen and oxygen atoms in total. The standard InChI is InChI=1S/C24H34O8/c1-23(25,13-15-9-17(27-3)21(31-7)18(10-15)28-4)24(2,26)14-16-11-19(29-5)22(32-8)20(12-16)30-6/h9-12,25-26H,13-14H2,1-8H3. The van der Waals surface area contributed by atoms with Gasteiger partial charge in [-0.3, -0.25) is 0 Å². The second kappa shape index (κ2) is 10.2. The third-order valence-corrected chi connectivity index (χ3v) is 5.71. The van der Waals surface area contributed by atoms with Crippen molar-refractivity contribution in [3.8, 4) is 34.5 Å². The highest BCUT2D eigenvalue weighted by Gasteiger charge is 2.42. The highest BCUT2D eigenvalue weighted by atomic mass is 16.5. The van der Waals surface area contributed by atoms with Crippen LogP contribution in [0.1, 0.15) is 25.0 Å². The van der Waals surface area contributed by atoms with Crippen molar-refractivity contribution in [1.82, 2.24) is 0 Å². The summed E-state index contributed by atoms with van der Waals surface area (Å²) in [6.45, 7) is 3.18. The van der Waals surface area contributed by atoms with Crippen LogP contribution in [0.15, 0.2) is 24.3 Å². The maximum Gasteiger partial charge on any atom is 0.203 e. The Morgan fingerprint density at radius 3 is 0.969 bits per heavy atom. The molecule has 2 unspecified atom stereocenters. The fourth-order valence-corrected chi connectivity index (χ4v) is 3.65. The molecule has 2 rings (SSSR count). The molecule has 0 saturated heterocycles. The molecule has 0 spiro atoms. The minimum absolute atomic E-state index is 0.140. The molecule has 0 heterocycles. The Morgan fingerprint density at radius 1 is 0.531 bits per heavy atom. The molecule has 0 aliphatic heterocycles. The number of hydrogen-bond donors (Lipinski definition) is 2. The van der Waals surface area contributed by atoms with Crippen molar-refractivity contribution in [2.24, 2.45) is 0 Å². The van der Waals surface area contributed by atoms with Crippen LogP contribution >= 0.6 is 0 Å². The summed E-state index contributed by atoms with van der Waals surface area (Å²) in [6, 6.07) is 7.02. The monoisotopic (exact) mass is 450 g/mol. The number of rotatable bonds is 11. The van der Waals surface area contributed by atoms with Crippen LogP contribution in [0.25, 0.3) is 0 Å². The lowest BCUT2D eigenvalue weighted by Gasteiger charge is -2.39. The van der Waals surface area contributed by atoms with E-state index in [-0.39, 0.29) is 12.8 Å². The first kappa shape index (κ1) is 25.4. The van der Waals surface area contributed by atoms with Crippen LogP contribution in [-0.2, 0) is 12.8 Å². The maximum atomic E-state index is 11.3. The van der Waals surface area contributed by atoms with Gasteiger partial charge in [0.05, 0.1) is 53.9 Å². The second-order valence-corrected chi connectivity index (χ2v) is 7.97. The number of hydrogen-bond acceptors (Lipinski definition) is 8. The van der Waals surface area contributed by atoms with Gasteiger partial charge in [-0.15, -0.1) is 0 Å². The van der Waals surface area contributed by atoms with E-state index in [1.807, 2.05) is 0 Å². The van der Waals surface area contributed by atoms with Gasteiger partial charge in [-0.2, -0.15) is 0 Å². The fourth-order valence-electron chi connectivity index (χ4n) is 3.65. The van der Waals surface area contributed by atoms with Crippen LogP contribution in [0, 0.1) is 0 Å². The van der Waals surface area contributed by atoms with E-state index in [1.165, 1.54) is 42.7 Å². The molecule has 0 bridgehead atoms. The predicted molar refractivity (Wildman–Crippen MR) is 121 cm³/mol. The summed E-state index contributed by atoms with van der Waals surface area (Å²) < 4.78 is 32.3. The summed E-state index contributed by atoms with van der Waals surface area (Å²) >= 11 is 0. The van der Waals surface area contributed by atoms with Gasteiger partial charge in [-0.25, -0.2) is 0 Å². The first-order chi connectivity index (χ1) is 15.1. The fraction of sp³-hybridized carbons (Fsp3) is 0.500. The van der Waals surface area contributed by atoms with Gasteiger partial charge in [-0.05, 0) is 49.2 Å². The molecule has 0 saturated carbocycles. The smallest absolute Gasteiger partial charge is 0.203 e. The zero-order valence-corrected chi connectivity index (χ0v) is 20.1. The molecule has 0 aromatic heterocycles. The van der Waals surface area contributed by atoms with Gasteiger partial charge in [0.15, 0.2) is 23.0 Å². The average Bonchev–Trinajstić information content (AvgIpc) is 2.76. The summed E-state index contributed by atoms with van der Waals surface area (Å²) in [5.41, 5.74) is -1.57. The van der Waals surface area contributed by atoms with E-state index in [2.05, 4.69) is 0 Å². The first-order valence-electron chi connectivity index (χ1n) is 10.1. The Balaban J connectivity index is 2.38. The van der Waals surface area contributed by atoms with Crippen LogP contribution < -0.4 is 28.4 Å². The van der Waals surface area contributed by atoms with Crippen LogP contribution in [0.4, 0.5) is 0 Å². The van der Waals surface area contributed by atoms with Gasteiger partial charge in [0, 0.05) is 12.8 Å². The largest absolute Gasteiger partial charge is 0.493 e. The molecule has 0 aliphatic carbocycles. The Bertz CT molecular complexity index is 795. The quantitative estimate of drug-likeness (QED) is 0.539. The van der Waals surface area contributed by atoms with Crippen molar-refractivity contribution >= 4 is 0 Å². The van der Waals surface area contributed by atoms with Gasteiger partial charge >= 0.3 is 0 Å². The van der Waals surface area contributed by atoms with E-state index in [0.717, 1.165) is 11.1 Å². The molecule has 8 heteroatoms. The molecule has 0 radical (unpaired) electrons. The lowest BCUT2D eigenvalue weighted by Crippen LogP contribution is -2.53. The highest BCUT2D eigenvalue weighted by molar-refractivity contribution is 5.55. The van der Waals surface area contributed by atoms with E-state index in [9.17, 15) is 10.2 Å². The van der Waals surface area contributed by atoms with Crippen LogP contribution in [0.5, 0.6) is 34.5 Å². The van der Waals surface area contributed by atoms with E-state index in [0.29, 0.717) is 34.5 Å². The molecule has 0 amide bonds. The average molecular weight is 451 g/mol. The van der Waals surface area contributed by atoms with Crippen molar-refractivity contribution in [2.75, 3.05) is 42.7 Å². The van der Waals surface area contributed by atoms with E-state index in [4.69, 9.17) is 28.4 Å². The summed E-state index contributed by atoms with van der Waals surface area (Å²) in [6.07, 6.45) is 0.280. The minimum Gasteiger partial charge on any atom is -0.493 e. The van der Waals surface area contributed by atoms with Gasteiger partial charge in [0.2, 0.25) is 11.5 Å². The Hall–Kier alpha value is -2.84. The predicted octanol–water partition coefficient (Wildman–Crippen LogP) is 3.03. The zero-order valence-electron chi connectivity index (χ0n) is 20.1. The van der Waals surface area contributed by atoms with Crippen molar-refractivity contribution in [3.05, 3.63) is 35.4 Å². The van der Waals surface area contributed by atoms with Crippen LogP contribution in [-0.4, -0.2) is 64.1 Å². The molecule has 178 valence electrons. The molecule has 2 N–H and O–H groups in total. The molecule has 0 fully saturated rings. The van der Waals surface area contributed by atoms with E-state index >= 15 is 0 Å². The molecule has 2 atom stereocenters. The van der Waals surface area contributed by atoms with Gasteiger partial charge in [0.25, 0.3) is 0 Å². The van der Waals surface area contributed by atoms with Gasteiger partial charge in [0.1, 0.15) is 0 Å². The number of ether oxygens (including phenoxy) is 6. The Morgan fingerprint density at radius 2 is 0.781 bits per heavy atom. The minimum atomic E-state index is -1.50. The summed E-state index contributed by atoms with van der Waals surface area (Å²) in [7, 11) is 9.16. The lowest BCUT2D eigenvalue weighted by atomic mass is 9.77. The summed E-state index contributed by atoms with van der Waals surface area (Å²) in [5.74, 6) is 2.82. The third kappa shape index (κ3) is 5.14. The normalized spacial score (nSPS) is 14.7. The van der Waals surface area contributed by atoms with Crippen molar-refractivity contribution in [3.63, 3.8) is 0 Å². The Kier molecular flexibility index (Phi) is 8.09. The highest BCUT2D eigenvalue weighted by Crippen LogP contribution is 2.42. The molecule has 2 aromatic rings. The third-order valence-electron chi connectivity index (χ3n) is 5.71. The molecule has 2 aromatic carbocycles. The molecular formula is C24H34O8. The molecule has 32 heavy (non-hydrogen) atoms. The van der Waals surface area contributed by atoms with Gasteiger partial charge in [-0.1, -0.05) is 0 Å². The van der Waals surface area contributed by atoms with Crippen molar-refractivity contribution < 1.29 is 38.6 Å². The van der Waals surface area contributed by atoms with Gasteiger partial charge < -0.3 is 38.6 Å². The van der Waals surface area contributed by atoms with Crippen LogP contribution in [0.2, 0.25) is 0 Å². The zero-order chi connectivity index (χ0) is 24.1. The lowest BCUT2D eigenvalue weighted by molar-refractivity contribution is -0.129. The number of aliphatic hydroxyl groups is 2. The van der Waals surface area contributed by atoms with Crippen molar-refractivity contribution in [1.29, 1.82) is 0 Å².